The molecule has 0 amide bonds. The van der Waals surface area contributed by atoms with Crippen LogP contribution in [0.5, 0.6) is 11.5 Å². The van der Waals surface area contributed by atoms with Gasteiger partial charge in [0.2, 0.25) is 0 Å². The van der Waals surface area contributed by atoms with Crippen LogP contribution < -0.4 is 4.74 Å². The lowest BCUT2D eigenvalue weighted by atomic mass is 10.1. The molecule has 128 valence electrons. The Balaban J connectivity index is 1.63. The van der Waals surface area contributed by atoms with Crippen molar-refractivity contribution >= 4 is 16.9 Å². The number of aromatic hydroxyl groups is 1. The number of halogens is 1. The van der Waals surface area contributed by atoms with Crippen LogP contribution in [-0.2, 0) is 17.6 Å². The molecule has 0 aliphatic heterocycles. The van der Waals surface area contributed by atoms with Gasteiger partial charge < -0.3 is 19.4 Å². The summed E-state index contributed by atoms with van der Waals surface area (Å²) in [6.45, 7) is 0. The predicted octanol–water partition coefficient (Wildman–Crippen LogP) is 3.97. The molecule has 0 saturated carbocycles. The largest absolute Gasteiger partial charge is 0.508 e. The van der Waals surface area contributed by atoms with Crippen LogP contribution in [0.25, 0.3) is 11.0 Å². The molecule has 0 bridgehead atoms. The van der Waals surface area contributed by atoms with E-state index < -0.39 is 17.9 Å². The van der Waals surface area contributed by atoms with Gasteiger partial charge in [0.05, 0.1) is 12.7 Å². The van der Waals surface area contributed by atoms with Crippen LogP contribution in [0.1, 0.15) is 29.2 Å². The average molecular weight is 342 g/mol. The number of hydrogen-bond donors (Lipinski definition) is 2. The number of hydrogen-bond acceptors (Lipinski definition) is 4. The van der Waals surface area contributed by atoms with Crippen LogP contribution in [0.2, 0.25) is 0 Å². The molecule has 1 heterocycles. The van der Waals surface area contributed by atoms with Gasteiger partial charge >= 0.3 is 5.97 Å². The van der Waals surface area contributed by atoms with Crippen molar-refractivity contribution < 1.29 is 28.6 Å². The molecular formula is C19H15FO5. The lowest BCUT2D eigenvalue weighted by Crippen LogP contribution is -2.05. The maximum Gasteiger partial charge on any atom is 0.307 e. The number of benzene rings is 2. The van der Waals surface area contributed by atoms with Crippen LogP contribution in [-0.4, -0.2) is 16.2 Å². The van der Waals surface area contributed by atoms with Crippen molar-refractivity contribution in [1.82, 2.24) is 0 Å². The number of phenolic OH excluding ortho intramolecular Hbond substituents is 1. The number of fused-ring (bicyclic) bond motifs is 2. The number of rotatable bonds is 4. The number of aliphatic carboxylic acids is 1. The van der Waals surface area contributed by atoms with Gasteiger partial charge in [-0.2, -0.15) is 0 Å². The normalized spacial score (nSPS) is 16.1. The number of carbonyl (C=O) groups is 1. The number of carboxylic acid groups (broad SMARTS) is 1. The Kier molecular flexibility index (Phi) is 3.60. The molecule has 3 aromatic rings. The quantitative estimate of drug-likeness (QED) is 0.750. The highest BCUT2D eigenvalue weighted by Crippen LogP contribution is 2.41. The van der Waals surface area contributed by atoms with E-state index in [1.165, 1.54) is 18.4 Å². The Labute approximate surface area is 142 Å². The van der Waals surface area contributed by atoms with E-state index >= 15 is 0 Å². The smallest absolute Gasteiger partial charge is 0.307 e. The first kappa shape index (κ1) is 15.5. The van der Waals surface area contributed by atoms with Gasteiger partial charge in [0.15, 0.2) is 0 Å². The van der Waals surface area contributed by atoms with Gasteiger partial charge in [-0.1, -0.05) is 0 Å². The topological polar surface area (TPSA) is 79.9 Å². The van der Waals surface area contributed by atoms with Crippen molar-refractivity contribution in [2.45, 2.75) is 25.4 Å². The molecule has 1 unspecified atom stereocenters. The van der Waals surface area contributed by atoms with Crippen LogP contribution in [0.4, 0.5) is 4.39 Å². The van der Waals surface area contributed by atoms with Crippen LogP contribution in [0, 0.1) is 5.82 Å². The third kappa shape index (κ3) is 2.69. The minimum atomic E-state index is -0.930. The van der Waals surface area contributed by atoms with Crippen molar-refractivity contribution in [2.75, 3.05) is 0 Å². The summed E-state index contributed by atoms with van der Waals surface area (Å²) in [5.74, 6) is -0.731. The zero-order valence-electron chi connectivity index (χ0n) is 13.2. The Hall–Kier alpha value is -3.02. The SMILES string of the molecule is O=C(O)Cc1coc2cc(OC3CCc4c(O)ccc(F)c43)ccc12. The third-order valence-electron chi connectivity index (χ3n) is 4.50. The van der Waals surface area contributed by atoms with Crippen molar-refractivity contribution in [3.63, 3.8) is 0 Å². The predicted molar refractivity (Wildman–Crippen MR) is 87.3 cm³/mol. The zero-order chi connectivity index (χ0) is 17.6. The van der Waals surface area contributed by atoms with E-state index in [2.05, 4.69) is 0 Å². The summed E-state index contributed by atoms with van der Waals surface area (Å²) < 4.78 is 25.5. The van der Waals surface area contributed by atoms with Gasteiger partial charge in [-0.3, -0.25) is 4.79 Å². The Morgan fingerprint density at radius 2 is 2.16 bits per heavy atom. The standard InChI is InChI=1S/C19H15FO5/c20-14-4-5-15(21)13-3-6-16(19(13)14)25-11-1-2-12-10(7-18(22)23)9-24-17(12)8-11/h1-2,4-5,8-9,16,21H,3,6-7H2,(H,22,23). The van der Waals surface area contributed by atoms with Gasteiger partial charge in [-0.25, -0.2) is 4.39 Å². The first-order valence-corrected chi connectivity index (χ1v) is 7.91. The van der Waals surface area contributed by atoms with E-state index in [9.17, 15) is 14.3 Å². The lowest BCUT2D eigenvalue weighted by Gasteiger charge is -2.15. The Morgan fingerprint density at radius 1 is 1.32 bits per heavy atom. The Bertz CT molecular complexity index is 975. The van der Waals surface area contributed by atoms with E-state index in [1.54, 1.807) is 18.2 Å². The molecule has 2 aromatic carbocycles. The molecule has 1 aromatic heterocycles. The van der Waals surface area contributed by atoms with E-state index in [0.29, 0.717) is 46.3 Å². The number of ether oxygens (including phenoxy) is 1. The van der Waals surface area contributed by atoms with Crippen molar-refractivity contribution in [2.24, 2.45) is 0 Å². The van der Waals surface area contributed by atoms with Gasteiger partial charge in [0.25, 0.3) is 0 Å². The highest BCUT2D eigenvalue weighted by molar-refractivity contribution is 5.86. The maximum atomic E-state index is 14.1. The minimum Gasteiger partial charge on any atom is -0.508 e. The summed E-state index contributed by atoms with van der Waals surface area (Å²) >= 11 is 0. The summed E-state index contributed by atoms with van der Waals surface area (Å²) in [6, 6.07) is 7.71. The summed E-state index contributed by atoms with van der Waals surface area (Å²) in [4.78, 5) is 10.9. The lowest BCUT2D eigenvalue weighted by molar-refractivity contribution is -0.136. The van der Waals surface area contributed by atoms with Gasteiger partial charge in [0.1, 0.15) is 29.0 Å². The molecule has 0 saturated heterocycles. The van der Waals surface area contributed by atoms with Crippen LogP contribution in [0.15, 0.2) is 41.0 Å². The molecule has 1 atom stereocenters. The number of carboxylic acids is 1. The summed E-state index contributed by atoms with van der Waals surface area (Å²) in [7, 11) is 0. The highest BCUT2D eigenvalue weighted by Gasteiger charge is 2.30. The van der Waals surface area contributed by atoms with E-state index in [1.807, 2.05) is 0 Å². The molecule has 25 heavy (non-hydrogen) atoms. The number of furan rings is 1. The van der Waals surface area contributed by atoms with Crippen LogP contribution >= 0.6 is 0 Å². The molecule has 2 N–H and O–H groups in total. The molecule has 5 nitrogen and oxygen atoms in total. The highest BCUT2D eigenvalue weighted by atomic mass is 19.1. The van der Waals surface area contributed by atoms with Crippen molar-refractivity contribution in [3.8, 4) is 11.5 Å². The summed E-state index contributed by atoms with van der Waals surface area (Å²) in [5, 5.41) is 19.5. The van der Waals surface area contributed by atoms with Gasteiger partial charge in [0, 0.05) is 28.1 Å². The monoisotopic (exact) mass is 342 g/mol. The van der Waals surface area contributed by atoms with Crippen LogP contribution in [0.3, 0.4) is 0 Å². The van der Waals surface area contributed by atoms with E-state index in [-0.39, 0.29) is 12.2 Å². The molecule has 0 spiro atoms. The molecule has 6 heteroatoms. The average Bonchev–Trinajstić information content (AvgIpc) is 3.16. The molecule has 1 aliphatic carbocycles. The van der Waals surface area contributed by atoms with Gasteiger partial charge in [-0.15, -0.1) is 0 Å². The fraction of sp³-hybridized carbons (Fsp3) is 0.211. The van der Waals surface area contributed by atoms with E-state index in [4.69, 9.17) is 14.3 Å². The second-order valence-corrected chi connectivity index (χ2v) is 6.09. The maximum absolute atomic E-state index is 14.1. The van der Waals surface area contributed by atoms with Crippen molar-refractivity contribution in [1.29, 1.82) is 0 Å². The third-order valence-corrected chi connectivity index (χ3v) is 4.50. The molecule has 1 aliphatic rings. The zero-order valence-corrected chi connectivity index (χ0v) is 13.2. The number of phenols is 1. The minimum absolute atomic E-state index is 0.0855. The van der Waals surface area contributed by atoms with Crippen molar-refractivity contribution in [3.05, 3.63) is 59.1 Å². The molecule has 0 radical (unpaired) electrons. The van der Waals surface area contributed by atoms with Gasteiger partial charge in [-0.05, 0) is 37.1 Å². The Morgan fingerprint density at radius 3 is 2.96 bits per heavy atom. The fourth-order valence-electron chi connectivity index (χ4n) is 3.37. The molecule has 0 fully saturated rings. The molecular weight excluding hydrogens is 327 g/mol. The summed E-state index contributed by atoms with van der Waals surface area (Å²) in [5.41, 5.74) is 2.10. The van der Waals surface area contributed by atoms with E-state index in [0.717, 1.165) is 0 Å². The summed E-state index contributed by atoms with van der Waals surface area (Å²) in [6.07, 6.45) is 1.95. The fourth-order valence-corrected chi connectivity index (χ4v) is 3.37. The molecule has 4 rings (SSSR count). The second kappa shape index (κ2) is 5.81. The first-order chi connectivity index (χ1) is 12.0. The first-order valence-electron chi connectivity index (χ1n) is 7.91. The second-order valence-electron chi connectivity index (χ2n) is 6.09.